The van der Waals surface area contributed by atoms with Crippen molar-refractivity contribution in [3.63, 3.8) is 0 Å². The van der Waals surface area contributed by atoms with Crippen LogP contribution in [-0.4, -0.2) is 73.4 Å². The molecule has 0 radical (unpaired) electrons. The van der Waals surface area contributed by atoms with Crippen LogP contribution in [0.25, 0.3) is 0 Å². The van der Waals surface area contributed by atoms with Crippen LogP contribution in [0.5, 0.6) is 0 Å². The molecule has 1 atom stereocenters. The third-order valence-corrected chi connectivity index (χ3v) is 5.65. The molecule has 4 heteroatoms. The van der Waals surface area contributed by atoms with Crippen LogP contribution in [0.15, 0.2) is 24.3 Å². The lowest BCUT2D eigenvalue weighted by Gasteiger charge is -2.45. The third kappa shape index (κ3) is 4.06. The number of likely N-dealkylation sites (N-methyl/N-ethyl adjacent to an activating group) is 1. The van der Waals surface area contributed by atoms with Crippen molar-refractivity contribution >= 4 is 5.69 Å². The number of aliphatic hydroxyl groups is 1. The molecule has 0 unspecified atom stereocenters. The van der Waals surface area contributed by atoms with E-state index in [4.69, 9.17) is 0 Å². The van der Waals surface area contributed by atoms with Crippen LogP contribution in [0.3, 0.4) is 0 Å². The van der Waals surface area contributed by atoms with Gasteiger partial charge in [0.2, 0.25) is 0 Å². The van der Waals surface area contributed by atoms with Gasteiger partial charge in [0.15, 0.2) is 0 Å². The van der Waals surface area contributed by atoms with Crippen LogP contribution >= 0.6 is 0 Å². The Bertz CT molecular complexity index is 482. The summed E-state index contributed by atoms with van der Waals surface area (Å²) in [6.45, 7) is 8.18. The van der Waals surface area contributed by atoms with Crippen molar-refractivity contribution < 1.29 is 5.11 Å². The summed E-state index contributed by atoms with van der Waals surface area (Å²) in [6.07, 6.45) is 3.40. The van der Waals surface area contributed by atoms with E-state index in [1.165, 1.54) is 30.6 Å². The minimum absolute atomic E-state index is 0.300. The number of piperidine rings is 1. The molecule has 23 heavy (non-hydrogen) atoms. The van der Waals surface area contributed by atoms with Crippen molar-refractivity contribution in [3.05, 3.63) is 29.8 Å². The first-order valence-electron chi connectivity index (χ1n) is 9.04. The lowest BCUT2D eigenvalue weighted by Crippen LogP contribution is -2.56. The van der Waals surface area contributed by atoms with Gasteiger partial charge in [-0.25, -0.2) is 0 Å². The molecule has 2 aliphatic rings. The third-order valence-electron chi connectivity index (χ3n) is 5.65. The van der Waals surface area contributed by atoms with Crippen LogP contribution in [0, 0.1) is 6.92 Å². The predicted molar refractivity (Wildman–Crippen MR) is 96.1 cm³/mol. The van der Waals surface area contributed by atoms with Crippen molar-refractivity contribution in [2.45, 2.75) is 38.3 Å². The molecule has 2 heterocycles. The van der Waals surface area contributed by atoms with Crippen LogP contribution in [0.2, 0.25) is 0 Å². The maximum atomic E-state index is 9.26. The van der Waals surface area contributed by atoms with Crippen molar-refractivity contribution in [2.75, 3.05) is 51.3 Å². The molecule has 128 valence electrons. The molecule has 1 aromatic carbocycles. The van der Waals surface area contributed by atoms with Gasteiger partial charge in [-0.2, -0.15) is 0 Å². The van der Waals surface area contributed by atoms with E-state index in [-0.39, 0.29) is 0 Å². The van der Waals surface area contributed by atoms with Gasteiger partial charge in [0, 0.05) is 57.1 Å². The second kappa shape index (κ2) is 7.65. The minimum atomic E-state index is 0.300. The number of piperazine rings is 1. The summed E-state index contributed by atoms with van der Waals surface area (Å²) in [6, 6.07) is 10.2. The molecule has 0 spiro atoms. The zero-order valence-corrected chi connectivity index (χ0v) is 14.6. The predicted octanol–water partition coefficient (Wildman–Crippen LogP) is 1.96. The smallest absolute Gasteiger partial charge is 0.0446 e. The number of rotatable bonds is 4. The first-order valence-corrected chi connectivity index (χ1v) is 9.04. The van der Waals surface area contributed by atoms with E-state index < -0.39 is 0 Å². The molecule has 0 amide bonds. The van der Waals surface area contributed by atoms with Crippen LogP contribution in [-0.2, 0) is 0 Å². The van der Waals surface area contributed by atoms with Gasteiger partial charge in [0.1, 0.15) is 0 Å². The average molecular weight is 317 g/mol. The van der Waals surface area contributed by atoms with Crippen molar-refractivity contribution in [2.24, 2.45) is 0 Å². The Morgan fingerprint density at radius 2 is 1.74 bits per heavy atom. The van der Waals surface area contributed by atoms with E-state index in [0.717, 1.165) is 32.6 Å². The Morgan fingerprint density at radius 3 is 2.39 bits per heavy atom. The van der Waals surface area contributed by atoms with Crippen LogP contribution in [0.1, 0.15) is 24.8 Å². The van der Waals surface area contributed by atoms with E-state index in [1.54, 1.807) is 0 Å². The highest BCUT2D eigenvalue weighted by molar-refractivity contribution is 5.47. The molecular weight excluding hydrogens is 286 g/mol. The molecule has 2 fully saturated rings. The van der Waals surface area contributed by atoms with Crippen LogP contribution in [0.4, 0.5) is 5.69 Å². The summed E-state index contributed by atoms with van der Waals surface area (Å²) >= 11 is 0. The number of hydrogen-bond donors (Lipinski definition) is 1. The summed E-state index contributed by atoms with van der Waals surface area (Å²) in [5.41, 5.74) is 2.70. The van der Waals surface area contributed by atoms with Crippen molar-refractivity contribution in [1.29, 1.82) is 0 Å². The number of aryl methyl sites for hydroxylation is 1. The SMILES string of the molecule is Cc1ccc(N2CCC(N3CCN(C)[C@@H](CCO)C3)CC2)cc1. The van der Waals surface area contributed by atoms with E-state index in [9.17, 15) is 5.11 Å². The number of nitrogens with zero attached hydrogens (tertiary/aromatic N) is 3. The van der Waals surface area contributed by atoms with Crippen LogP contribution < -0.4 is 4.90 Å². The molecule has 4 nitrogen and oxygen atoms in total. The van der Waals surface area contributed by atoms with E-state index in [2.05, 4.69) is 52.9 Å². The first kappa shape index (κ1) is 16.7. The van der Waals surface area contributed by atoms with Gasteiger partial charge < -0.3 is 14.9 Å². The molecule has 0 saturated carbocycles. The Hall–Kier alpha value is -1.10. The number of aliphatic hydroxyl groups excluding tert-OH is 1. The Kier molecular flexibility index (Phi) is 5.57. The lowest BCUT2D eigenvalue weighted by atomic mass is 9.99. The Balaban J connectivity index is 1.53. The fourth-order valence-electron chi connectivity index (χ4n) is 4.01. The largest absolute Gasteiger partial charge is 0.396 e. The van der Waals surface area contributed by atoms with Gasteiger partial charge in [-0.3, -0.25) is 4.90 Å². The van der Waals surface area contributed by atoms with Gasteiger partial charge in [-0.1, -0.05) is 17.7 Å². The van der Waals surface area contributed by atoms with Crippen molar-refractivity contribution in [3.8, 4) is 0 Å². The maximum absolute atomic E-state index is 9.26. The Labute approximate surface area is 140 Å². The molecule has 2 aliphatic heterocycles. The standard InChI is InChI=1S/C19H31N3O/c1-16-3-5-17(6-4-16)21-10-7-18(8-11-21)22-13-12-20(2)19(15-22)9-14-23/h3-6,18-19,23H,7-15H2,1-2H3/t19-/m0/s1. The number of anilines is 1. The molecular formula is C19H31N3O. The highest BCUT2D eigenvalue weighted by Crippen LogP contribution is 2.24. The second-order valence-electron chi connectivity index (χ2n) is 7.20. The number of benzene rings is 1. The van der Waals surface area contributed by atoms with Crippen molar-refractivity contribution in [1.82, 2.24) is 9.80 Å². The topological polar surface area (TPSA) is 30.0 Å². The fraction of sp³-hybridized carbons (Fsp3) is 0.684. The monoisotopic (exact) mass is 317 g/mol. The maximum Gasteiger partial charge on any atom is 0.0446 e. The summed E-state index contributed by atoms with van der Waals surface area (Å²) < 4.78 is 0. The molecule has 0 aliphatic carbocycles. The van der Waals surface area contributed by atoms with Gasteiger partial charge in [0.25, 0.3) is 0 Å². The highest BCUT2D eigenvalue weighted by atomic mass is 16.3. The molecule has 1 aromatic rings. The van der Waals surface area contributed by atoms with E-state index in [1.807, 2.05) is 0 Å². The summed E-state index contributed by atoms with van der Waals surface area (Å²) in [7, 11) is 2.19. The molecule has 0 aromatic heterocycles. The molecule has 1 N–H and O–H groups in total. The lowest BCUT2D eigenvalue weighted by molar-refractivity contribution is 0.0446. The quantitative estimate of drug-likeness (QED) is 0.919. The first-order chi connectivity index (χ1) is 11.2. The van der Waals surface area contributed by atoms with Gasteiger partial charge >= 0.3 is 0 Å². The zero-order valence-electron chi connectivity index (χ0n) is 14.6. The van der Waals surface area contributed by atoms with Gasteiger partial charge in [-0.05, 0) is 45.4 Å². The molecule has 2 saturated heterocycles. The average Bonchev–Trinajstić information content (AvgIpc) is 2.58. The number of hydrogen-bond acceptors (Lipinski definition) is 4. The van der Waals surface area contributed by atoms with Gasteiger partial charge in [0.05, 0.1) is 0 Å². The summed E-state index contributed by atoms with van der Waals surface area (Å²) in [4.78, 5) is 7.61. The fourth-order valence-corrected chi connectivity index (χ4v) is 4.01. The molecule has 3 rings (SSSR count). The minimum Gasteiger partial charge on any atom is -0.396 e. The highest BCUT2D eigenvalue weighted by Gasteiger charge is 2.30. The molecule has 0 bridgehead atoms. The Morgan fingerprint density at radius 1 is 1.04 bits per heavy atom. The zero-order chi connectivity index (χ0) is 16.2. The second-order valence-corrected chi connectivity index (χ2v) is 7.20. The summed E-state index contributed by atoms with van der Waals surface area (Å²) in [5, 5.41) is 9.26. The summed E-state index contributed by atoms with van der Waals surface area (Å²) in [5.74, 6) is 0. The van der Waals surface area contributed by atoms with E-state index >= 15 is 0 Å². The van der Waals surface area contributed by atoms with E-state index in [0.29, 0.717) is 18.7 Å². The van der Waals surface area contributed by atoms with Gasteiger partial charge in [-0.15, -0.1) is 0 Å². The normalized spacial score (nSPS) is 25.0.